The summed E-state index contributed by atoms with van der Waals surface area (Å²) in [7, 11) is 0. The van der Waals surface area contributed by atoms with Crippen LogP contribution in [0, 0.1) is 11.7 Å². The van der Waals surface area contributed by atoms with E-state index in [0.717, 1.165) is 11.1 Å². The van der Waals surface area contributed by atoms with Crippen LogP contribution in [-0.4, -0.2) is 17.3 Å². The van der Waals surface area contributed by atoms with Gasteiger partial charge in [0.15, 0.2) is 5.92 Å². The zero-order valence-electron chi connectivity index (χ0n) is 15.2. The highest BCUT2D eigenvalue weighted by Gasteiger charge is 2.44. The van der Waals surface area contributed by atoms with Crippen LogP contribution in [0.3, 0.4) is 0 Å². The molecular weight excluding hydrogens is 376 g/mol. The standard InChI is InChI=1S/C21H22F4O3/c22-17-10-6-16(7-11-17)14-28-18-12-8-15(9-13-18)4-2-1-3-5-19(20(26)27)21(23,24)25/h6-13,19H,1-5,14H2,(H,26,27). The Hall–Kier alpha value is -2.57. The van der Waals surface area contributed by atoms with E-state index in [2.05, 4.69) is 0 Å². The molecule has 0 heterocycles. The molecule has 1 N–H and O–H groups in total. The molecule has 2 aromatic rings. The molecule has 7 heteroatoms. The second kappa shape index (κ2) is 10.1. The fourth-order valence-corrected chi connectivity index (χ4v) is 2.78. The first-order chi connectivity index (χ1) is 13.3. The SMILES string of the molecule is O=C(O)C(CCCCCc1ccc(OCc2ccc(F)cc2)cc1)C(F)(F)F. The lowest BCUT2D eigenvalue weighted by atomic mass is 9.99. The lowest BCUT2D eigenvalue weighted by Crippen LogP contribution is -2.30. The average Bonchev–Trinajstić information content (AvgIpc) is 2.63. The zero-order valence-corrected chi connectivity index (χ0v) is 15.2. The Bertz CT molecular complexity index is 740. The minimum Gasteiger partial charge on any atom is -0.489 e. The number of alkyl halides is 3. The van der Waals surface area contributed by atoms with E-state index in [1.165, 1.54) is 12.1 Å². The van der Waals surface area contributed by atoms with Gasteiger partial charge in [-0.2, -0.15) is 13.2 Å². The number of rotatable bonds is 10. The number of unbranched alkanes of at least 4 members (excludes halogenated alkanes) is 2. The topological polar surface area (TPSA) is 46.5 Å². The summed E-state index contributed by atoms with van der Waals surface area (Å²) in [4.78, 5) is 10.7. The maximum absolute atomic E-state index is 12.9. The Kier molecular flexibility index (Phi) is 7.84. The second-order valence-electron chi connectivity index (χ2n) is 6.59. The lowest BCUT2D eigenvalue weighted by molar-refractivity contribution is -0.194. The molecule has 0 aliphatic rings. The van der Waals surface area contributed by atoms with Crippen molar-refractivity contribution in [3.8, 4) is 5.75 Å². The number of ether oxygens (including phenoxy) is 1. The van der Waals surface area contributed by atoms with E-state index in [1.807, 2.05) is 24.3 Å². The summed E-state index contributed by atoms with van der Waals surface area (Å²) >= 11 is 0. The van der Waals surface area contributed by atoms with Crippen LogP contribution in [0.5, 0.6) is 5.75 Å². The summed E-state index contributed by atoms with van der Waals surface area (Å²) in [5.74, 6) is -3.73. The molecule has 0 fully saturated rings. The largest absolute Gasteiger partial charge is 0.489 e. The Balaban J connectivity index is 1.69. The molecule has 3 nitrogen and oxygen atoms in total. The fourth-order valence-electron chi connectivity index (χ4n) is 2.78. The van der Waals surface area contributed by atoms with Crippen LogP contribution in [-0.2, 0) is 17.8 Å². The summed E-state index contributed by atoms with van der Waals surface area (Å²) < 4.78 is 56.2. The molecule has 152 valence electrons. The van der Waals surface area contributed by atoms with Crippen molar-refractivity contribution in [2.75, 3.05) is 0 Å². The van der Waals surface area contributed by atoms with Crippen LogP contribution in [0.1, 0.15) is 36.8 Å². The number of hydrogen-bond acceptors (Lipinski definition) is 2. The van der Waals surface area contributed by atoms with Gasteiger partial charge in [-0.1, -0.05) is 37.1 Å². The average molecular weight is 398 g/mol. The van der Waals surface area contributed by atoms with E-state index < -0.39 is 24.5 Å². The van der Waals surface area contributed by atoms with Crippen molar-refractivity contribution in [2.45, 2.75) is 44.9 Å². The van der Waals surface area contributed by atoms with Crippen LogP contribution >= 0.6 is 0 Å². The number of aliphatic carboxylic acids is 1. The summed E-state index contributed by atoms with van der Waals surface area (Å²) in [6, 6.07) is 13.4. The monoisotopic (exact) mass is 398 g/mol. The number of aryl methyl sites for hydroxylation is 1. The molecule has 1 atom stereocenters. The minimum atomic E-state index is -4.70. The van der Waals surface area contributed by atoms with Gasteiger partial charge in [0, 0.05) is 0 Å². The van der Waals surface area contributed by atoms with Gasteiger partial charge in [0.25, 0.3) is 0 Å². The highest BCUT2D eigenvalue weighted by Crippen LogP contribution is 2.30. The molecule has 2 aromatic carbocycles. The Morgan fingerprint density at radius 1 is 0.929 bits per heavy atom. The number of benzene rings is 2. The quantitative estimate of drug-likeness (QED) is 0.408. The Morgan fingerprint density at radius 2 is 1.54 bits per heavy atom. The molecular formula is C21H22F4O3. The van der Waals surface area contributed by atoms with Crippen molar-refractivity contribution < 1.29 is 32.2 Å². The molecule has 0 radical (unpaired) electrons. The highest BCUT2D eigenvalue weighted by molar-refractivity contribution is 5.70. The molecule has 0 bridgehead atoms. The molecule has 0 spiro atoms. The van der Waals surface area contributed by atoms with Crippen molar-refractivity contribution in [1.82, 2.24) is 0 Å². The van der Waals surface area contributed by atoms with E-state index in [1.54, 1.807) is 12.1 Å². The first kappa shape index (κ1) is 21.7. The van der Waals surface area contributed by atoms with Gasteiger partial charge in [-0.05, 0) is 54.7 Å². The molecule has 0 saturated carbocycles. The van der Waals surface area contributed by atoms with Gasteiger partial charge in [-0.15, -0.1) is 0 Å². The van der Waals surface area contributed by atoms with Crippen LogP contribution in [0.15, 0.2) is 48.5 Å². The molecule has 28 heavy (non-hydrogen) atoms. The number of carbonyl (C=O) groups is 1. The zero-order chi connectivity index (χ0) is 20.6. The van der Waals surface area contributed by atoms with Gasteiger partial charge in [0.05, 0.1) is 0 Å². The summed E-state index contributed by atoms with van der Waals surface area (Å²) in [6.45, 7) is 0.323. The Labute approximate surface area is 161 Å². The normalized spacial score (nSPS) is 12.6. The van der Waals surface area contributed by atoms with Crippen molar-refractivity contribution in [3.05, 3.63) is 65.5 Å². The molecule has 0 aliphatic carbocycles. The third-order valence-electron chi connectivity index (χ3n) is 4.39. The van der Waals surface area contributed by atoms with E-state index in [-0.39, 0.29) is 12.2 Å². The number of carboxylic acid groups (broad SMARTS) is 1. The predicted molar refractivity (Wildman–Crippen MR) is 96.5 cm³/mol. The van der Waals surface area contributed by atoms with Crippen LogP contribution < -0.4 is 4.74 Å². The molecule has 0 aliphatic heterocycles. The van der Waals surface area contributed by atoms with Crippen LogP contribution in [0.2, 0.25) is 0 Å². The number of carboxylic acids is 1. The van der Waals surface area contributed by atoms with Crippen molar-refractivity contribution >= 4 is 5.97 Å². The second-order valence-corrected chi connectivity index (χ2v) is 6.59. The van der Waals surface area contributed by atoms with E-state index in [0.29, 0.717) is 31.6 Å². The summed E-state index contributed by atoms with van der Waals surface area (Å²) in [5, 5.41) is 8.65. The highest BCUT2D eigenvalue weighted by atomic mass is 19.4. The lowest BCUT2D eigenvalue weighted by Gasteiger charge is -2.15. The first-order valence-electron chi connectivity index (χ1n) is 9.01. The smallest absolute Gasteiger partial charge is 0.402 e. The van der Waals surface area contributed by atoms with E-state index in [9.17, 15) is 22.4 Å². The van der Waals surface area contributed by atoms with E-state index >= 15 is 0 Å². The number of hydrogen-bond donors (Lipinski definition) is 1. The Morgan fingerprint density at radius 3 is 2.11 bits per heavy atom. The van der Waals surface area contributed by atoms with Gasteiger partial charge in [-0.3, -0.25) is 4.79 Å². The molecule has 1 unspecified atom stereocenters. The van der Waals surface area contributed by atoms with Gasteiger partial charge < -0.3 is 9.84 Å². The molecule has 0 aromatic heterocycles. The van der Waals surface area contributed by atoms with Crippen molar-refractivity contribution in [3.63, 3.8) is 0 Å². The van der Waals surface area contributed by atoms with Crippen molar-refractivity contribution in [1.29, 1.82) is 0 Å². The fraction of sp³-hybridized carbons (Fsp3) is 0.381. The third kappa shape index (κ3) is 7.21. The van der Waals surface area contributed by atoms with Gasteiger partial charge in [0.1, 0.15) is 18.2 Å². The van der Waals surface area contributed by atoms with E-state index in [4.69, 9.17) is 9.84 Å². The molecule has 0 amide bonds. The third-order valence-corrected chi connectivity index (χ3v) is 4.39. The van der Waals surface area contributed by atoms with Crippen LogP contribution in [0.25, 0.3) is 0 Å². The molecule has 2 rings (SSSR count). The summed E-state index contributed by atoms with van der Waals surface area (Å²) in [6.07, 6.45) is -2.97. The van der Waals surface area contributed by atoms with Crippen molar-refractivity contribution in [2.24, 2.45) is 5.92 Å². The maximum atomic E-state index is 12.9. The minimum absolute atomic E-state index is 0.218. The summed E-state index contributed by atoms with van der Waals surface area (Å²) in [5.41, 5.74) is 1.88. The van der Waals surface area contributed by atoms with Crippen LogP contribution in [0.4, 0.5) is 17.6 Å². The first-order valence-corrected chi connectivity index (χ1v) is 9.01. The molecule has 0 saturated heterocycles. The van der Waals surface area contributed by atoms with Gasteiger partial charge in [0.2, 0.25) is 0 Å². The predicted octanol–water partition coefficient (Wildman–Crippen LogP) is 5.77. The van der Waals surface area contributed by atoms with Gasteiger partial charge >= 0.3 is 12.1 Å². The van der Waals surface area contributed by atoms with Gasteiger partial charge in [-0.25, -0.2) is 4.39 Å². The maximum Gasteiger partial charge on any atom is 0.402 e. The number of halogens is 4.